The summed E-state index contributed by atoms with van der Waals surface area (Å²) in [6, 6.07) is 18.3. The van der Waals surface area contributed by atoms with E-state index in [0.717, 1.165) is 35.4 Å². The Balaban J connectivity index is 1.20. The summed E-state index contributed by atoms with van der Waals surface area (Å²) in [6.07, 6.45) is 2.92. The summed E-state index contributed by atoms with van der Waals surface area (Å²) in [7, 11) is 0. The fourth-order valence-electron chi connectivity index (χ4n) is 4.13. The number of fused-ring (bicyclic) bond motifs is 1. The molecule has 5 rings (SSSR count). The van der Waals surface area contributed by atoms with Crippen molar-refractivity contribution in [3.05, 3.63) is 72.2 Å². The molecule has 2 aromatic heterocycles. The number of carbonyl (C=O) groups is 1. The molecular formula is C25H25N5O2. The van der Waals surface area contributed by atoms with E-state index in [1.54, 1.807) is 6.20 Å². The Morgan fingerprint density at radius 1 is 1.00 bits per heavy atom. The van der Waals surface area contributed by atoms with Crippen LogP contribution in [0.15, 0.2) is 65.3 Å². The Morgan fingerprint density at radius 3 is 2.56 bits per heavy atom. The highest BCUT2D eigenvalue weighted by Crippen LogP contribution is 2.22. The van der Waals surface area contributed by atoms with E-state index < -0.39 is 0 Å². The van der Waals surface area contributed by atoms with E-state index in [2.05, 4.69) is 44.3 Å². The number of carbonyl (C=O) groups excluding carboxylic acids is 1. The van der Waals surface area contributed by atoms with Gasteiger partial charge in [-0.05, 0) is 28.5 Å². The Morgan fingerprint density at radius 2 is 1.81 bits per heavy atom. The van der Waals surface area contributed by atoms with Gasteiger partial charge in [0.15, 0.2) is 0 Å². The number of aryl methyl sites for hydroxylation is 1. The predicted molar refractivity (Wildman–Crippen MR) is 123 cm³/mol. The van der Waals surface area contributed by atoms with Gasteiger partial charge < -0.3 is 14.3 Å². The molecule has 2 aromatic carbocycles. The van der Waals surface area contributed by atoms with Gasteiger partial charge in [-0.1, -0.05) is 54.5 Å². The van der Waals surface area contributed by atoms with Gasteiger partial charge >= 0.3 is 0 Å². The molecule has 0 N–H and O–H groups in total. The predicted octanol–water partition coefficient (Wildman–Crippen LogP) is 3.74. The molecule has 0 saturated carbocycles. The van der Waals surface area contributed by atoms with Crippen LogP contribution in [0.1, 0.15) is 18.4 Å². The molecule has 1 aliphatic heterocycles. The number of aromatic nitrogens is 3. The third-order valence-electron chi connectivity index (χ3n) is 5.95. The van der Waals surface area contributed by atoms with E-state index in [0.29, 0.717) is 37.6 Å². The van der Waals surface area contributed by atoms with Gasteiger partial charge in [-0.3, -0.25) is 4.79 Å². The minimum atomic E-state index is 0.174. The number of hydrogen-bond acceptors (Lipinski definition) is 6. The third kappa shape index (κ3) is 4.06. The fraction of sp³-hybridized carbons (Fsp3) is 0.280. The number of anilines is 1. The van der Waals surface area contributed by atoms with Crippen LogP contribution in [0.3, 0.4) is 0 Å². The SMILES string of the molecule is CCc1nc(-c2ccc(N3CCN(C(=O)Cc4cccc5ccccc45)CC3)nc2)no1. The van der Waals surface area contributed by atoms with Crippen molar-refractivity contribution in [2.24, 2.45) is 0 Å². The summed E-state index contributed by atoms with van der Waals surface area (Å²) >= 11 is 0. The fourth-order valence-corrected chi connectivity index (χ4v) is 4.13. The van der Waals surface area contributed by atoms with E-state index in [9.17, 15) is 4.79 Å². The monoisotopic (exact) mass is 427 g/mol. The first-order valence-electron chi connectivity index (χ1n) is 11.0. The first-order valence-corrected chi connectivity index (χ1v) is 11.0. The Hall–Kier alpha value is -3.74. The van der Waals surface area contributed by atoms with Crippen molar-refractivity contribution in [3.63, 3.8) is 0 Å². The zero-order valence-corrected chi connectivity index (χ0v) is 18.1. The molecule has 1 fully saturated rings. The molecule has 32 heavy (non-hydrogen) atoms. The minimum Gasteiger partial charge on any atom is -0.353 e. The summed E-state index contributed by atoms with van der Waals surface area (Å²) in [4.78, 5) is 26.1. The lowest BCUT2D eigenvalue weighted by atomic mass is 10.0. The smallest absolute Gasteiger partial charge is 0.227 e. The normalized spacial score (nSPS) is 14.2. The van der Waals surface area contributed by atoms with Crippen LogP contribution in [-0.2, 0) is 17.6 Å². The van der Waals surface area contributed by atoms with Gasteiger partial charge in [-0.2, -0.15) is 4.98 Å². The number of amides is 1. The van der Waals surface area contributed by atoms with Crippen LogP contribution in [0.2, 0.25) is 0 Å². The van der Waals surface area contributed by atoms with Crippen molar-refractivity contribution >= 4 is 22.5 Å². The van der Waals surface area contributed by atoms with E-state index >= 15 is 0 Å². The summed E-state index contributed by atoms with van der Waals surface area (Å²) in [6.45, 7) is 4.88. The van der Waals surface area contributed by atoms with E-state index in [-0.39, 0.29) is 5.91 Å². The zero-order chi connectivity index (χ0) is 21.9. The van der Waals surface area contributed by atoms with Gasteiger partial charge in [-0.15, -0.1) is 0 Å². The molecule has 0 aliphatic carbocycles. The molecule has 1 amide bonds. The third-order valence-corrected chi connectivity index (χ3v) is 5.95. The first-order chi connectivity index (χ1) is 15.7. The molecule has 7 nitrogen and oxygen atoms in total. The number of nitrogens with zero attached hydrogens (tertiary/aromatic N) is 5. The molecule has 3 heterocycles. The number of pyridine rings is 1. The lowest BCUT2D eigenvalue weighted by molar-refractivity contribution is -0.130. The Bertz CT molecular complexity index is 1220. The average molecular weight is 428 g/mol. The Labute approximate surface area is 186 Å². The van der Waals surface area contributed by atoms with Gasteiger partial charge in [0, 0.05) is 44.4 Å². The van der Waals surface area contributed by atoms with E-state index in [1.807, 2.05) is 42.2 Å². The van der Waals surface area contributed by atoms with Gasteiger partial charge in [-0.25, -0.2) is 4.98 Å². The molecule has 0 radical (unpaired) electrons. The maximum atomic E-state index is 13.0. The van der Waals surface area contributed by atoms with Gasteiger partial charge in [0.2, 0.25) is 17.6 Å². The van der Waals surface area contributed by atoms with Crippen molar-refractivity contribution in [2.75, 3.05) is 31.1 Å². The van der Waals surface area contributed by atoms with Gasteiger partial charge in [0.05, 0.1) is 6.42 Å². The van der Waals surface area contributed by atoms with Gasteiger partial charge in [0.25, 0.3) is 0 Å². The standard InChI is InChI=1S/C25H25N5O2/c1-2-23-27-25(28-32-23)20-10-11-22(26-17-20)29-12-14-30(15-13-29)24(31)16-19-8-5-7-18-6-3-4-9-21(18)19/h3-11,17H,2,12-16H2,1H3. The second-order valence-corrected chi connectivity index (χ2v) is 7.95. The number of hydrogen-bond donors (Lipinski definition) is 0. The summed E-state index contributed by atoms with van der Waals surface area (Å²) in [5.41, 5.74) is 1.92. The summed E-state index contributed by atoms with van der Waals surface area (Å²) in [5.74, 6) is 2.25. The van der Waals surface area contributed by atoms with Crippen molar-refractivity contribution in [1.82, 2.24) is 20.0 Å². The topological polar surface area (TPSA) is 75.4 Å². The van der Waals surface area contributed by atoms with Crippen LogP contribution in [0.4, 0.5) is 5.82 Å². The van der Waals surface area contributed by atoms with Gasteiger partial charge in [0.1, 0.15) is 5.82 Å². The second-order valence-electron chi connectivity index (χ2n) is 7.95. The zero-order valence-electron chi connectivity index (χ0n) is 18.1. The lowest BCUT2D eigenvalue weighted by Crippen LogP contribution is -2.49. The van der Waals surface area contributed by atoms with Crippen LogP contribution in [0, 0.1) is 0 Å². The Kier molecular flexibility index (Phi) is 5.54. The molecule has 0 bridgehead atoms. The molecule has 1 aliphatic rings. The molecule has 0 spiro atoms. The summed E-state index contributed by atoms with van der Waals surface area (Å²) < 4.78 is 5.18. The number of rotatable bonds is 5. The molecule has 162 valence electrons. The maximum Gasteiger partial charge on any atom is 0.227 e. The highest BCUT2D eigenvalue weighted by atomic mass is 16.5. The average Bonchev–Trinajstić information content (AvgIpc) is 3.34. The molecule has 1 saturated heterocycles. The van der Waals surface area contributed by atoms with Crippen molar-refractivity contribution < 1.29 is 9.32 Å². The second kappa shape index (κ2) is 8.78. The quantitative estimate of drug-likeness (QED) is 0.483. The molecule has 0 unspecified atom stereocenters. The van der Waals surface area contributed by atoms with E-state index in [1.165, 1.54) is 5.39 Å². The lowest BCUT2D eigenvalue weighted by Gasteiger charge is -2.35. The van der Waals surface area contributed by atoms with Crippen molar-refractivity contribution in [2.45, 2.75) is 19.8 Å². The van der Waals surface area contributed by atoms with E-state index in [4.69, 9.17) is 4.52 Å². The maximum absolute atomic E-state index is 13.0. The number of piperazine rings is 1. The van der Waals surface area contributed by atoms with Crippen LogP contribution < -0.4 is 4.90 Å². The van der Waals surface area contributed by atoms with Crippen molar-refractivity contribution in [1.29, 1.82) is 0 Å². The highest BCUT2D eigenvalue weighted by molar-refractivity contribution is 5.90. The number of benzene rings is 2. The largest absolute Gasteiger partial charge is 0.353 e. The van der Waals surface area contributed by atoms with Crippen LogP contribution >= 0.6 is 0 Å². The van der Waals surface area contributed by atoms with Crippen LogP contribution in [0.5, 0.6) is 0 Å². The minimum absolute atomic E-state index is 0.174. The first kappa shape index (κ1) is 20.2. The van der Waals surface area contributed by atoms with Crippen LogP contribution in [-0.4, -0.2) is 52.1 Å². The van der Waals surface area contributed by atoms with Crippen molar-refractivity contribution in [3.8, 4) is 11.4 Å². The molecular weight excluding hydrogens is 402 g/mol. The molecule has 4 aromatic rings. The van der Waals surface area contributed by atoms with Crippen LogP contribution in [0.25, 0.3) is 22.2 Å². The summed E-state index contributed by atoms with van der Waals surface area (Å²) in [5, 5.41) is 6.32. The molecule has 7 heteroatoms. The highest BCUT2D eigenvalue weighted by Gasteiger charge is 2.22. The molecule has 0 atom stereocenters.